The Morgan fingerprint density at radius 3 is 2.55 bits per heavy atom. The Morgan fingerprint density at radius 2 is 1.95 bits per heavy atom. The van der Waals surface area contributed by atoms with Crippen LogP contribution in [-0.2, 0) is 0 Å². The number of rotatable bonds is 5. The third-order valence-electron chi connectivity index (χ3n) is 4.31. The Labute approximate surface area is 135 Å². The van der Waals surface area contributed by atoms with Crippen molar-refractivity contribution in [2.45, 2.75) is 18.8 Å². The molecule has 1 fully saturated rings. The molecular formula is C18H21NO2S. The molecule has 22 heavy (non-hydrogen) atoms. The highest BCUT2D eigenvalue weighted by Gasteiger charge is 2.22. The van der Waals surface area contributed by atoms with Crippen LogP contribution in [0.3, 0.4) is 0 Å². The second-order valence-corrected chi connectivity index (χ2v) is 6.70. The normalized spacial score (nSPS) is 16.6. The van der Waals surface area contributed by atoms with Gasteiger partial charge in [0.2, 0.25) is 0 Å². The topological polar surface area (TPSA) is 29.5 Å². The fourth-order valence-electron chi connectivity index (χ4n) is 2.97. The minimum Gasteiger partial charge on any atom is -0.497 e. The second-order valence-electron chi connectivity index (χ2n) is 5.72. The number of piperidine rings is 1. The van der Waals surface area contributed by atoms with Gasteiger partial charge in [0.15, 0.2) is 5.78 Å². The molecule has 0 N–H and O–H groups in total. The molecule has 0 bridgehead atoms. The van der Waals surface area contributed by atoms with Gasteiger partial charge in [0, 0.05) is 10.4 Å². The number of hydrogen-bond acceptors (Lipinski definition) is 4. The smallest absolute Gasteiger partial charge is 0.176 e. The van der Waals surface area contributed by atoms with Crippen molar-refractivity contribution in [3.8, 4) is 5.75 Å². The third-order valence-corrected chi connectivity index (χ3v) is 5.35. The number of carbonyl (C=O) groups is 1. The van der Waals surface area contributed by atoms with E-state index in [0.717, 1.165) is 37.2 Å². The van der Waals surface area contributed by atoms with Crippen LogP contribution in [-0.4, -0.2) is 37.4 Å². The van der Waals surface area contributed by atoms with Crippen LogP contribution >= 0.6 is 11.3 Å². The van der Waals surface area contributed by atoms with E-state index in [2.05, 4.69) is 22.4 Å². The molecule has 3 nitrogen and oxygen atoms in total. The molecule has 0 aliphatic carbocycles. The van der Waals surface area contributed by atoms with Gasteiger partial charge in [-0.2, -0.15) is 0 Å². The molecule has 3 rings (SSSR count). The van der Waals surface area contributed by atoms with E-state index in [1.54, 1.807) is 7.11 Å². The van der Waals surface area contributed by atoms with Gasteiger partial charge in [-0.25, -0.2) is 0 Å². The number of carbonyl (C=O) groups excluding carboxylic acids is 1. The average Bonchev–Trinajstić information content (AvgIpc) is 3.10. The number of Topliss-reactive ketones (excluding diaryl/α,β-unsaturated/α-hetero) is 1. The van der Waals surface area contributed by atoms with Gasteiger partial charge in [0.1, 0.15) is 5.75 Å². The fourth-order valence-corrected chi connectivity index (χ4v) is 3.87. The summed E-state index contributed by atoms with van der Waals surface area (Å²) >= 11 is 1.85. The first-order valence-electron chi connectivity index (χ1n) is 7.69. The lowest BCUT2D eigenvalue weighted by molar-refractivity contribution is 0.0910. The fraction of sp³-hybridized carbons (Fsp3) is 0.389. The number of ether oxygens (including phenoxy) is 1. The maximum absolute atomic E-state index is 12.3. The SMILES string of the molecule is COc1ccc(C(=O)CN2CCC(c3cccs3)CC2)cc1. The molecule has 1 aromatic heterocycles. The van der Waals surface area contributed by atoms with Crippen molar-refractivity contribution < 1.29 is 9.53 Å². The summed E-state index contributed by atoms with van der Waals surface area (Å²) in [7, 11) is 1.63. The summed E-state index contributed by atoms with van der Waals surface area (Å²) in [5, 5.41) is 2.15. The highest BCUT2D eigenvalue weighted by molar-refractivity contribution is 7.10. The van der Waals surface area contributed by atoms with Crippen molar-refractivity contribution in [2.24, 2.45) is 0 Å². The summed E-state index contributed by atoms with van der Waals surface area (Å²) in [5.74, 6) is 1.65. The van der Waals surface area contributed by atoms with E-state index in [9.17, 15) is 4.79 Å². The summed E-state index contributed by atoms with van der Waals surface area (Å²) in [5.41, 5.74) is 0.765. The van der Waals surface area contributed by atoms with Crippen LogP contribution in [0.1, 0.15) is 34.0 Å². The molecule has 0 atom stereocenters. The molecule has 1 saturated heterocycles. The molecule has 1 aliphatic heterocycles. The van der Waals surface area contributed by atoms with Gasteiger partial charge in [0.25, 0.3) is 0 Å². The van der Waals surface area contributed by atoms with E-state index in [1.165, 1.54) is 4.88 Å². The van der Waals surface area contributed by atoms with Gasteiger partial charge in [0.05, 0.1) is 13.7 Å². The lowest BCUT2D eigenvalue weighted by Gasteiger charge is -2.31. The first-order chi connectivity index (χ1) is 10.8. The van der Waals surface area contributed by atoms with E-state index in [1.807, 2.05) is 35.6 Å². The number of likely N-dealkylation sites (tertiary alicyclic amines) is 1. The van der Waals surface area contributed by atoms with Crippen molar-refractivity contribution in [3.05, 3.63) is 52.2 Å². The molecule has 0 spiro atoms. The van der Waals surface area contributed by atoms with Crippen LogP contribution in [0.4, 0.5) is 0 Å². The van der Waals surface area contributed by atoms with E-state index in [4.69, 9.17) is 4.74 Å². The molecule has 1 aromatic carbocycles. The molecule has 0 unspecified atom stereocenters. The van der Waals surface area contributed by atoms with E-state index in [0.29, 0.717) is 12.5 Å². The molecule has 2 aromatic rings. The van der Waals surface area contributed by atoms with E-state index >= 15 is 0 Å². The molecule has 0 saturated carbocycles. The number of nitrogens with zero attached hydrogens (tertiary/aromatic N) is 1. The number of hydrogen-bond donors (Lipinski definition) is 0. The van der Waals surface area contributed by atoms with Crippen LogP contribution < -0.4 is 4.74 Å². The number of benzene rings is 1. The minimum atomic E-state index is 0.192. The largest absolute Gasteiger partial charge is 0.497 e. The predicted molar refractivity (Wildman–Crippen MR) is 90.1 cm³/mol. The zero-order chi connectivity index (χ0) is 15.4. The maximum Gasteiger partial charge on any atom is 0.176 e. The lowest BCUT2D eigenvalue weighted by Crippen LogP contribution is -2.36. The van der Waals surface area contributed by atoms with Crippen LogP contribution in [0.5, 0.6) is 5.75 Å². The van der Waals surface area contributed by atoms with Gasteiger partial charge in [-0.15, -0.1) is 11.3 Å². The quantitative estimate of drug-likeness (QED) is 0.786. The Morgan fingerprint density at radius 1 is 1.23 bits per heavy atom. The van der Waals surface area contributed by atoms with Crippen LogP contribution in [0.2, 0.25) is 0 Å². The number of ketones is 1. The third kappa shape index (κ3) is 3.57. The molecule has 116 valence electrons. The molecule has 2 heterocycles. The second kappa shape index (κ2) is 7.07. The Kier molecular flexibility index (Phi) is 4.90. The molecule has 4 heteroatoms. The van der Waals surface area contributed by atoms with Crippen LogP contribution in [0.25, 0.3) is 0 Å². The van der Waals surface area contributed by atoms with Crippen molar-refractivity contribution in [3.63, 3.8) is 0 Å². The van der Waals surface area contributed by atoms with Crippen molar-refractivity contribution in [1.29, 1.82) is 0 Å². The summed E-state index contributed by atoms with van der Waals surface area (Å²) in [6.07, 6.45) is 2.30. The number of methoxy groups -OCH3 is 1. The Bertz CT molecular complexity index is 599. The highest BCUT2D eigenvalue weighted by atomic mass is 32.1. The van der Waals surface area contributed by atoms with Crippen molar-refractivity contribution in [1.82, 2.24) is 4.90 Å². The molecular weight excluding hydrogens is 294 g/mol. The molecule has 1 aliphatic rings. The van der Waals surface area contributed by atoms with Gasteiger partial charge >= 0.3 is 0 Å². The van der Waals surface area contributed by atoms with Crippen molar-refractivity contribution in [2.75, 3.05) is 26.7 Å². The predicted octanol–water partition coefficient (Wildman–Crippen LogP) is 3.82. The average molecular weight is 315 g/mol. The lowest BCUT2D eigenvalue weighted by atomic mass is 9.95. The van der Waals surface area contributed by atoms with Gasteiger partial charge in [-0.05, 0) is 67.6 Å². The van der Waals surface area contributed by atoms with Crippen LogP contribution in [0, 0.1) is 0 Å². The summed E-state index contributed by atoms with van der Waals surface area (Å²) in [4.78, 5) is 16.1. The zero-order valence-electron chi connectivity index (χ0n) is 12.8. The monoisotopic (exact) mass is 315 g/mol. The minimum absolute atomic E-state index is 0.192. The Hall–Kier alpha value is -1.65. The van der Waals surface area contributed by atoms with Gasteiger partial charge in [-0.3, -0.25) is 9.69 Å². The summed E-state index contributed by atoms with van der Waals surface area (Å²) in [6, 6.07) is 11.7. The van der Waals surface area contributed by atoms with E-state index < -0.39 is 0 Å². The molecule has 0 radical (unpaired) electrons. The molecule has 0 amide bonds. The highest BCUT2D eigenvalue weighted by Crippen LogP contribution is 2.30. The first-order valence-corrected chi connectivity index (χ1v) is 8.57. The Balaban J connectivity index is 1.52. The van der Waals surface area contributed by atoms with Crippen molar-refractivity contribution >= 4 is 17.1 Å². The first kappa shape index (κ1) is 15.3. The number of thiophene rings is 1. The maximum atomic E-state index is 12.3. The summed E-state index contributed by atoms with van der Waals surface area (Å²) < 4.78 is 5.13. The van der Waals surface area contributed by atoms with Gasteiger partial charge in [-0.1, -0.05) is 6.07 Å². The van der Waals surface area contributed by atoms with Gasteiger partial charge < -0.3 is 4.74 Å². The van der Waals surface area contributed by atoms with E-state index in [-0.39, 0.29) is 5.78 Å². The van der Waals surface area contributed by atoms with Crippen LogP contribution in [0.15, 0.2) is 41.8 Å². The summed E-state index contributed by atoms with van der Waals surface area (Å²) in [6.45, 7) is 2.53. The standard InChI is InChI=1S/C18H21NO2S/c1-21-16-6-4-14(5-7-16)17(20)13-19-10-8-15(9-11-19)18-3-2-12-22-18/h2-7,12,15H,8-11,13H2,1H3. The zero-order valence-corrected chi connectivity index (χ0v) is 13.6.